The minimum Gasteiger partial charge on any atom is -0.618 e. The first kappa shape index (κ1) is 29.1. The zero-order chi connectivity index (χ0) is 31.1. The van der Waals surface area contributed by atoms with Crippen molar-refractivity contribution in [1.82, 2.24) is 0 Å². The van der Waals surface area contributed by atoms with Crippen molar-refractivity contribution in [1.29, 1.82) is 0 Å². The number of aromatic nitrogens is 2. The molecule has 4 N–H and O–H groups in total. The Morgan fingerprint density at radius 2 is 0.682 bits per heavy atom. The van der Waals surface area contributed by atoms with Gasteiger partial charge in [-0.05, 0) is 46.5 Å². The molecule has 2 aliphatic heterocycles. The number of benzene rings is 4. The first-order valence-electron chi connectivity index (χ1n) is 13.5. The second-order valence-corrected chi connectivity index (χ2v) is 9.57. The third-order valence-electron chi connectivity index (χ3n) is 6.76. The molecule has 0 bridgehead atoms. The number of anilines is 4. The van der Waals surface area contributed by atoms with Crippen LogP contribution in [-0.4, -0.2) is 12.1 Å². The second-order valence-electron chi connectivity index (χ2n) is 9.57. The van der Waals surface area contributed by atoms with E-state index in [1.54, 1.807) is 9.80 Å². The maximum absolute atomic E-state index is 11.8. The summed E-state index contributed by atoms with van der Waals surface area (Å²) in [6.45, 7) is 0. The van der Waals surface area contributed by atoms with E-state index in [0.717, 1.165) is 69.8 Å². The lowest BCUT2D eigenvalue weighted by Crippen LogP contribution is -2.33. The molecule has 3 heterocycles. The Labute approximate surface area is 253 Å². The number of amides is 4. The monoisotopic (exact) mass is 584 g/mol. The van der Waals surface area contributed by atoms with Crippen LogP contribution in [0.1, 0.15) is 22.3 Å². The van der Waals surface area contributed by atoms with Crippen molar-refractivity contribution in [3.8, 4) is 0 Å². The highest BCUT2D eigenvalue weighted by Crippen LogP contribution is 2.37. The molecule has 44 heavy (non-hydrogen) atoms. The molecule has 7 rings (SSSR count). The standard InChI is InChI=1S/2C15H12N2O.C4H4N2O2/c2*16-15(18)17-13-7-3-1-5-11(13)9-10-12-6-2-4-8-14(12)17;7-5-1-2-6(8)4-3-5/h2*1-10H,(H2,16,18);1-4H. The van der Waals surface area contributed by atoms with Gasteiger partial charge in [-0.2, -0.15) is 9.46 Å². The molecule has 0 fully saturated rings. The van der Waals surface area contributed by atoms with Crippen LogP contribution in [0.4, 0.5) is 32.3 Å². The Hall–Kier alpha value is -6.42. The number of hydrogen-bond donors (Lipinski definition) is 2. The summed E-state index contributed by atoms with van der Waals surface area (Å²) in [5.41, 5.74) is 18.2. The van der Waals surface area contributed by atoms with Gasteiger partial charge in [-0.15, -0.1) is 0 Å². The number of nitrogens with two attached hydrogens (primary N) is 2. The second kappa shape index (κ2) is 13.0. The molecule has 10 heteroatoms. The molecule has 4 amide bonds. The molecule has 10 nitrogen and oxygen atoms in total. The quantitative estimate of drug-likeness (QED) is 0.177. The van der Waals surface area contributed by atoms with Crippen molar-refractivity contribution in [3.05, 3.63) is 155 Å². The fourth-order valence-corrected chi connectivity index (χ4v) is 4.78. The van der Waals surface area contributed by atoms with Gasteiger partial charge in [0.05, 0.1) is 22.7 Å². The number of hydrogen-bond acceptors (Lipinski definition) is 4. The fraction of sp³-hybridized carbons (Fsp3) is 0. The maximum Gasteiger partial charge on any atom is 0.323 e. The molecular weight excluding hydrogens is 556 g/mol. The van der Waals surface area contributed by atoms with E-state index in [2.05, 4.69) is 0 Å². The number of para-hydroxylation sites is 4. The molecule has 4 aromatic carbocycles. The van der Waals surface area contributed by atoms with E-state index < -0.39 is 12.1 Å². The van der Waals surface area contributed by atoms with Crippen LogP contribution in [-0.2, 0) is 0 Å². The average Bonchev–Trinajstić information content (AvgIpc) is 3.31. The van der Waals surface area contributed by atoms with Gasteiger partial charge in [0.15, 0.2) is 0 Å². The van der Waals surface area contributed by atoms with Crippen molar-refractivity contribution >= 4 is 59.1 Å². The van der Waals surface area contributed by atoms with Crippen molar-refractivity contribution in [2.45, 2.75) is 0 Å². The lowest BCUT2D eigenvalue weighted by molar-refractivity contribution is -0.665. The van der Waals surface area contributed by atoms with E-state index in [1.165, 1.54) is 0 Å². The summed E-state index contributed by atoms with van der Waals surface area (Å²) >= 11 is 0. The van der Waals surface area contributed by atoms with Crippen LogP contribution in [0, 0.1) is 10.4 Å². The van der Waals surface area contributed by atoms with Gasteiger partial charge in [-0.3, -0.25) is 9.80 Å². The lowest BCUT2D eigenvalue weighted by atomic mass is 10.1. The fourth-order valence-electron chi connectivity index (χ4n) is 4.78. The molecule has 1 aromatic heterocycles. The number of carbonyl (C=O) groups is 2. The first-order chi connectivity index (χ1) is 21.3. The lowest BCUT2D eigenvalue weighted by Gasteiger charge is -2.22. The molecule has 0 atom stereocenters. The van der Waals surface area contributed by atoms with E-state index >= 15 is 0 Å². The van der Waals surface area contributed by atoms with Crippen LogP contribution in [0.5, 0.6) is 0 Å². The van der Waals surface area contributed by atoms with Gasteiger partial charge >= 0.3 is 12.1 Å². The minimum atomic E-state index is -0.474. The Balaban J connectivity index is 0.000000141. The van der Waals surface area contributed by atoms with Gasteiger partial charge in [-0.25, -0.2) is 9.59 Å². The van der Waals surface area contributed by atoms with Gasteiger partial charge < -0.3 is 21.9 Å². The Kier molecular flexibility index (Phi) is 8.62. The zero-order valence-corrected chi connectivity index (χ0v) is 23.4. The van der Waals surface area contributed by atoms with E-state index in [4.69, 9.17) is 11.5 Å². The van der Waals surface area contributed by atoms with Gasteiger partial charge in [0.2, 0.25) is 24.8 Å². The van der Waals surface area contributed by atoms with Crippen LogP contribution in [0.3, 0.4) is 0 Å². The molecule has 0 spiro atoms. The predicted molar refractivity (Wildman–Crippen MR) is 171 cm³/mol. The Bertz CT molecular complexity index is 1640. The van der Waals surface area contributed by atoms with E-state index in [9.17, 15) is 20.0 Å². The van der Waals surface area contributed by atoms with Crippen LogP contribution in [0.25, 0.3) is 24.3 Å². The highest BCUT2D eigenvalue weighted by molar-refractivity contribution is 6.05. The zero-order valence-electron chi connectivity index (χ0n) is 23.4. The summed E-state index contributed by atoms with van der Waals surface area (Å²) in [7, 11) is 0. The van der Waals surface area contributed by atoms with Crippen molar-refractivity contribution in [2.75, 3.05) is 9.80 Å². The number of carbonyl (C=O) groups excluding carboxylic acids is 2. The minimum absolute atomic E-state index is 0.474. The van der Waals surface area contributed by atoms with Crippen LogP contribution in [0.2, 0.25) is 0 Å². The van der Waals surface area contributed by atoms with Crippen molar-refractivity contribution in [3.63, 3.8) is 0 Å². The van der Waals surface area contributed by atoms with Crippen LogP contribution < -0.4 is 30.7 Å². The number of rotatable bonds is 0. The number of primary amides is 2. The molecule has 5 aromatic rings. The summed E-state index contributed by atoms with van der Waals surface area (Å²) in [6, 6.07) is 29.9. The SMILES string of the molecule is NC(=O)N1c2ccccc2C=Cc2ccccc21.NC(=O)N1c2ccccc2C=Cc2ccccc21.[O-][n+]1cc[n+]([O-])cc1. The molecular formula is C34H28N6O4. The predicted octanol–water partition coefficient (Wildman–Crippen LogP) is 5.73. The highest BCUT2D eigenvalue weighted by Gasteiger charge is 2.22. The first-order valence-corrected chi connectivity index (χ1v) is 13.5. The summed E-state index contributed by atoms with van der Waals surface area (Å²) in [5.74, 6) is 0. The third kappa shape index (κ3) is 6.39. The van der Waals surface area contributed by atoms with Crippen molar-refractivity contribution < 1.29 is 19.0 Å². The summed E-state index contributed by atoms with van der Waals surface area (Å²) < 4.78 is 1.10. The van der Waals surface area contributed by atoms with Gasteiger partial charge in [0.1, 0.15) is 0 Å². The Morgan fingerprint density at radius 3 is 0.909 bits per heavy atom. The van der Waals surface area contributed by atoms with Gasteiger partial charge in [-0.1, -0.05) is 97.1 Å². The van der Waals surface area contributed by atoms with E-state index in [1.807, 2.05) is 121 Å². The molecule has 0 unspecified atom stereocenters. The van der Waals surface area contributed by atoms with Crippen LogP contribution in [0.15, 0.2) is 122 Å². The molecule has 2 aliphatic rings. The molecule has 0 aliphatic carbocycles. The van der Waals surface area contributed by atoms with Gasteiger partial charge in [0, 0.05) is 0 Å². The number of fused-ring (bicyclic) bond motifs is 4. The number of nitrogens with zero attached hydrogens (tertiary/aromatic N) is 4. The molecule has 0 radical (unpaired) electrons. The molecule has 0 saturated heterocycles. The van der Waals surface area contributed by atoms with Crippen LogP contribution >= 0.6 is 0 Å². The summed E-state index contributed by atoms with van der Waals surface area (Å²) in [4.78, 5) is 26.6. The normalized spacial score (nSPS) is 11.9. The number of urea groups is 2. The van der Waals surface area contributed by atoms with Gasteiger partial charge in [0.25, 0.3) is 0 Å². The Morgan fingerprint density at radius 1 is 0.455 bits per heavy atom. The molecule has 0 saturated carbocycles. The highest BCUT2D eigenvalue weighted by atomic mass is 16.5. The smallest absolute Gasteiger partial charge is 0.323 e. The third-order valence-corrected chi connectivity index (χ3v) is 6.76. The van der Waals surface area contributed by atoms with E-state index in [-0.39, 0.29) is 0 Å². The largest absolute Gasteiger partial charge is 0.618 e. The summed E-state index contributed by atoms with van der Waals surface area (Å²) in [6.07, 6.45) is 12.5. The van der Waals surface area contributed by atoms with E-state index in [0.29, 0.717) is 9.46 Å². The average molecular weight is 585 g/mol. The topological polar surface area (TPSA) is 147 Å². The molecule has 218 valence electrons. The van der Waals surface area contributed by atoms with Crippen molar-refractivity contribution in [2.24, 2.45) is 11.5 Å². The maximum atomic E-state index is 11.8. The summed E-state index contributed by atoms with van der Waals surface area (Å²) in [5, 5.41) is 20.4.